The smallest absolute Gasteiger partial charge is 0.302 e. The molecule has 4 heteroatoms. The van der Waals surface area contributed by atoms with Crippen LogP contribution in [0.25, 0.3) is 0 Å². The van der Waals surface area contributed by atoms with E-state index in [1.165, 1.54) is 6.92 Å². The first-order chi connectivity index (χ1) is 7.68. The summed E-state index contributed by atoms with van der Waals surface area (Å²) < 4.78 is 14.7. The van der Waals surface area contributed by atoms with Crippen LogP contribution in [0.4, 0.5) is 0 Å². The number of unbranched alkanes of at least 4 members (excludes halogenated alkanes) is 1. The predicted molar refractivity (Wildman–Crippen MR) is 64.5 cm³/mol. The van der Waals surface area contributed by atoms with E-state index in [-0.39, 0.29) is 5.97 Å². The highest BCUT2D eigenvalue weighted by molar-refractivity contribution is 5.65. The van der Waals surface area contributed by atoms with Crippen LogP contribution in [0.2, 0.25) is 0 Å². The molecule has 0 spiro atoms. The lowest BCUT2D eigenvalue weighted by Gasteiger charge is -1.99. The maximum atomic E-state index is 10.1. The monoisotopic (exact) mass is 234 g/mol. The number of rotatable bonds is 8. The number of esters is 1. The minimum atomic E-state index is -0.182. The number of hydrogen-bond donors (Lipinski definition) is 0. The van der Waals surface area contributed by atoms with E-state index in [1.807, 2.05) is 13.8 Å². The molecule has 0 aliphatic rings. The van der Waals surface area contributed by atoms with Crippen molar-refractivity contribution in [3.05, 3.63) is 0 Å². The highest BCUT2D eigenvalue weighted by Crippen LogP contribution is 1.86. The highest BCUT2D eigenvalue weighted by Gasteiger charge is 1.88. The zero-order valence-corrected chi connectivity index (χ0v) is 11.1. The van der Waals surface area contributed by atoms with Gasteiger partial charge >= 0.3 is 5.97 Å². The van der Waals surface area contributed by atoms with E-state index < -0.39 is 0 Å². The van der Waals surface area contributed by atoms with Crippen molar-refractivity contribution in [1.29, 1.82) is 0 Å². The lowest BCUT2D eigenvalue weighted by Crippen LogP contribution is -2.02. The second-order valence-corrected chi connectivity index (χ2v) is 3.09. The van der Waals surface area contributed by atoms with Crippen molar-refractivity contribution in [2.45, 2.75) is 40.5 Å². The van der Waals surface area contributed by atoms with Crippen molar-refractivity contribution in [3.63, 3.8) is 0 Å². The van der Waals surface area contributed by atoms with Gasteiger partial charge in [-0.2, -0.15) is 0 Å². The van der Waals surface area contributed by atoms with Crippen LogP contribution in [0.3, 0.4) is 0 Å². The maximum Gasteiger partial charge on any atom is 0.302 e. The third kappa shape index (κ3) is 23.3. The van der Waals surface area contributed by atoms with Gasteiger partial charge in [0.1, 0.15) is 0 Å². The molecule has 4 nitrogen and oxygen atoms in total. The molecule has 0 heterocycles. The van der Waals surface area contributed by atoms with Crippen LogP contribution >= 0.6 is 0 Å². The standard InChI is InChI=1S/C6H12O2.C6H14O2/c1-3-4-5-8-6(2)7;1-3-7-5-6-8-4-2/h3-5H2,1-2H3;3-6H2,1-2H3. The lowest BCUT2D eigenvalue weighted by molar-refractivity contribution is -0.141. The Morgan fingerprint density at radius 2 is 1.44 bits per heavy atom. The molecule has 0 saturated carbocycles. The van der Waals surface area contributed by atoms with E-state index in [2.05, 4.69) is 11.7 Å². The highest BCUT2D eigenvalue weighted by atomic mass is 16.5. The second-order valence-electron chi connectivity index (χ2n) is 3.09. The molecule has 0 aliphatic heterocycles. The van der Waals surface area contributed by atoms with Crippen LogP contribution in [-0.4, -0.2) is 39.0 Å². The Labute approximate surface area is 99.3 Å². The number of hydrogen-bond acceptors (Lipinski definition) is 4. The zero-order valence-electron chi connectivity index (χ0n) is 11.1. The van der Waals surface area contributed by atoms with Gasteiger partial charge in [0.15, 0.2) is 0 Å². The van der Waals surface area contributed by atoms with Gasteiger partial charge in [0.2, 0.25) is 0 Å². The number of ether oxygens (including phenoxy) is 3. The van der Waals surface area contributed by atoms with E-state index in [4.69, 9.17) is 9.47 Å². The van der Waals surface area contributed by atoms with Gasteiger partial charge in [0, 0.05) is 20.1 Å². The third-order valence-electron chi connectivity index (χ3n) is 1.58. The van der Waals surface area contributed by atoms with Crippen molar-refractivity contribution >= 4 is 5.97 Å². The molecule has 0 aromatic heterocycles. The van der Waals surface area contributed by atoms with Gasteiger partial charge in [-0.15, -0.1) is 0 Å². The Bertz CT molecular complexity index is 131. The average Bonchev–Trinajstić information content (AvgIpc) is 2.25. The number of carbonyl (C=O) groups is 1. The summed E-state index contributed by atoms with van der Waals surface area (Å²) in [4.78, 5) is 10.1. The first kappa shape index (κ1) is 17.8. The molecular formula is C12H26O4. The maximum absolute atomic E-state index is 10.1. The van der Waals surface area contributed by atoms with E-state index in [1.54, 1.807) is 0 Å². The quantitative estimate of drug-likeness (QED) is 0.478. The molecule has 0 unspecified atom stereocenters. The van der Waals surface area contributed by atoms with E-state index in [0.29, 0.717) is 6.61 Å². The summed E-state index contributed by atoms with van der Waals surface area (Å²) in [7, 11) is 0. The minimum Gasteiger partial charge on any atom is -0.466 e. The molecular weight excluding hydrogens is 208 g/mol. The molecule has 16 heavy (non-hydrogen) atoms. The Hall–Kier alpha value is -0.610. The average molecular weight is 234 g/mol. The lowest BCUT2D eigenvalue weighted by atomic mass is 10.4. The zero-order chi connectivity index (χ0) is 12.6. The normalized spacial score (nSPS) is 9.25. The molecule has 0 rings (SSSR count). The molecule has 0 saturated heterocycles. The molecule has 0 aromatic rings. The molecule has 0 fully saturated rings. The fourth-order valence-electron chi connectivity index (χ4n) is 0.767. The fourth-order valence-corrected chi connectivity index (χ4v) is 0.767. The van der Waals surface area contributed by atoms with Gasteiger partial charge in [0.25, 0.3) is 0 Å². The van der Waals surface area contributed by atoms with Crippen molar-refractivity contribution in [2.24, 2.45) is 0 Å². The van der Waals surface area contributed by atoms with Crippen LogP contribution in [0.15, 0.2) is 0 Å². The van der Waals surface area contributed by atoms with Crippen LogP contribution in [0.5, 0.6) is 0 Å². The van der Waals surface area contributed by atoms with Gasteiger partial charge in [0.05, 0.1) is 19.8 Å². The Morgan fingerprint density at radius 1 is 0.938 bits per heavy atom. The summed E-state index contributed by atoms with van der Waals surface area (Å²) in [5, 5.41) is 0. The van der Waals surface area contributed by atoms with Crippen molar-refractivity contribution in [2.75, 3.05) is 33.0 Å². The van der Waals surface area contributed by atoms with E-state index in [9.17, 15) is 4.79 Å². The van der Waals surface area contributed by atoms with Gasteiger partial charge < -0.3 is 14.2 Å². The van der Waals surface area contributed by atoms with E-state index >= 15 is 0 Å². The van der Waals surface area contributed by atoms with Gasteiger partial charge in [-0.25, -0.2) is 0 Å². The van der Waals surface area contributed by atoms with Gasteiger partial charge in [-0.1, -0.05) is 13.3 Å². The summed E-state index contributed by atoms with van der Waals surface area (Å²) in [5.74, 6) is -0.182. The topological polar surface area (TPSA) is 44.8 Å². The SMILES string of the molecule is CCCCOC(C)=O.CCOCCOCC. The molecule has 0 aromatic carbocycles. The molecule has 0 N–H and O–H groups in total. The van der Waals surface area contributed by atoms with Crippen molar-refractivity contribution in [1.82, 2.24) is 0 Å². The van der Waals surface area contributed by atoms with Crippen LogP contribution < -0.4 is 0 Å². The van der Waals surface area contributed by atoms with Crippen molar-refractivity contribution in [3.8, 4) is 0 Å². The van der Waals surface area contributed by atoms with Crippen LogP contribution in [0, 0.1) is 0 Å². The Morgan fingerprint density at radius 3 is 1.75 bits per heavy atom. The Balaban J connectivity index is 0. The third-order valence-corrected chi connectivity index (χ3v) is 1.58. The van der Waals surface area contributed by atoms with Crippen molar-refractivity contribution < 1.29 is 19.0 Å². The number of carbonyl (C=O) groups excluding carboxylic acids is 1. The first-order valence-corrected chi connectivity index (χ1v) is 5.97. The molecule has 0 radical (unpaired) electrons. The largest absolute Gasteiger partial charge is 0.466 e. The summed E-state index contributed by atoms with van der Waals surface area (Å²) in [6, 6.07) is 0. The minimum absolute atomic E-state index is 0.182. The van der Waals surface area contributed by atoms with Crippen LogP contribution in [-0.2, 0) is 19.0 Å². The van der Waals surface area contributed by atoms with Gasteiger partial charge in [-0.05, 0) is 20.3 Å². The molecule has 0 aliphatic carbocycles. The van der Waals surface area contributed by atoms with Gasteiger partial charge in [-0.3, -0.25) is 4.79 Å². The molecule has 0 atom stereocenters. The molecule has 98 valence electrons. The fraction of sp³-hybridized carbons (Fsp3) is 0.917. The summed E-state index contributed by atoms with van der Waals surface area (Å²) in [6.45, 7) is 11.0. The summed E-state index contributed by atoms with van der Waals surface area (Å²) >= 11 is 0. The van der Waals surface area contributed by atoms with E-state index in [0.717, 1.165) is 39.3 Å². The predicted octanol–water partition coefficient (Wildman–Crippen LogP) is 2.41. The molecule has 0 amide bonds. The second kappa shape index (κ2) is 16.8. The summed E-state index contributed by atoms with van der Waals surface area (Å²) in [6.07, 6.45) is 2.05. The Kier molecular flexibility index (Phi) is 18.7. The summed E-state index contributed by atoms with van der Waals surface area (Å²) in [5.41, 5.74) is 0. The first-order valence-electron chi connectivity index (χ1n) is 5.97. The molecule has 0 bridgehead atoms. The van der Waals surface area contributed by atoms with Crippen LogP contribution in [0.1, 0.15) is 40.5 Å².